The van der Waals surface area contributed by atoms with E-state index in [1.165, 1.54) is 0 Å². The van der Waals surface area contributed by atoms with Gasteiger partial charge in [0, 0.05) is 12.1 Å². The molecule has 86 valence electrons. The zero-order chi connectivity index (χ0) is 11.4. The molecular weight excluding hydrogens is 190 g/mol. The molecule has 1 aromatic heterocycles. The van der Waals surface area contributed by atoms with Crippen molar-refractivity contribution in [3.63, 3.8) is 0 Å². The van der Waals surface area contributed by atoms with Crippen molar-refractivity contribution in [2.75, 3.05) is 0 Å². The van der Waals surface area contributed by atoms with Gasteiger partial charge in [-0.1, -0.05) is 0 Å². The van der Waals surface area contributed by atoms with Gasteiger partial charge < -0.3 is 9.52 Å². The van der Waals surface area contributed by atoms with Gasteiger partial charge in [-0.25, -0.2) is 0 Å². The highest BCUT2D eigenvalue weighted by molar-refractivity contribution is 5.06. The number of furan rings is 1. The van der Waals surface area contributed by atoms with Gasteiger partial charge in [0.1, 0.15) is 18.1 Å². The average molecular weight is 211 g/mol. The summed E-state index contributed by atoms with van der Waals surface area (Å²) in [5.74, 6) is 1.55. The summed E-state index contributed by atoms with van der Waals surface area (Å²) < 4.78 is 5.47. The largest absolute Gasteiger partial charge is 0.462 e. The van der Waals surface area contributed by atoms with E-state index in [0.29, 0.717) is 17.8 Å². The van der Waals surface area contributed by atoms with Gasteiger partial charge in [-0.2, -0.15) is 0 Å². The first-order valence-electron chi connectivity index (χ1n) is 5.48. The highest BCUT2D eigenvalue weighted by atomic mass is 16.4. The lowest BCUT2D eigenvalue weighted by molar-refractivity contribution is 0.149. The fourth-order valence-corrected chi connectivity index (χ4v) is 1.73. The maximum absolute atomic E-state index is 8.90. The summed E-state index contributed by atoms with van der Waals surface area (Å²) in [6.07, 6.45) is 0. The smallest absolute Gasteiger partial charge is 0.129 e. The third kappa shape index (κ3) is 3.36. The van der Waals surface area contributed by atoms with Gasteiger partial charge in [-0.05, 0) is 39.8 Å². The van der Waals surface area contributed by atoms with E-state index in [1.54, 1.807) is 0 Å². The maximum Gasteiger partial charge on any atom is 0.129 e. The maximum atomic E-state index is 8.90. The van der Waals surface area contributed by atoms with E-state index in [4.69, 9.17) is 9.52 Å². The second-order valence-corrected chi connectivity index (χ2v) is 4.39. The molecule has 0 aliphatic carbocycles. The molecule has 1 aromatic rings. The highest BCUT2D eigenvalue weighted by Crippen LogP contribution is 2.14. The zero-order valence-electron chi connectivity index (χ0n) is 10.0. The van der Waals surface area contributed by atoms with Gasteiger partial charge in [-0.3, -0.25) is 4.90 Å². The van der Waals surface area contributed by atoms with Crippen LogP contribution >= 0.6 is 0 Å². The van der Waals surface area contributed by atoms with Crippen LogP contribution in [0, 0.1) is 0 Å². The standard InChI is InChI=1S/C12H21NO2/c1-9(2)13(10(3)4)7-11-5-6-12(8-14)15-11/h5-6,9-10,14H,7-8H2,1-4H3. The predicted octanol–water partition coefficient (Wildman–Crippen LogP) is 2.39. The molecule has 0 saturated carbocycles. The molecule has 0 aliphatic rings. The second-order valence-electron chi connectivity index (χ2n) is 4.39. The van der Waals surface area contributed by atoms with E-state index in [2.05, 4.69) is 32.6 Å². The van der Waals surface area contributed by atoms with Gasteiger partial charge in [-0.15, -0.1) is 0 Å². The minimum absolute atomic E-state index is 0.0244. The molecule has 0 amide bonds. The summed E-state index contributed by atoms with van der Waals surface area (Å²) in [5, 5.41) is 8.90. The van der Waals surface area contributed by atoms with E-state index in [1.807, 2.05) is 12.1 Å². The first kappa shape index (κ1) is 12.3. The number of nitrogens with zero attached hydrogens (tertiary/aromatic N) is 1. The summed E-state index contributed by atoms with van der Waals surface area (Å²) in [7, 11) is 0. The Morgan fingerprint density at radius 1 is 1.13 bits per heavy atom. The van der Waals surface area contributed by atoms with Crippen LogP contribution in [0.25, 0.3) is 0 Å². The molecule has 0 spiro atoms. The van der Waals surface area contributed by atoms with Gasteiger partial charge in [0.25, 0.3) is 0 Å². The van der Waals surface area contributed by atoms with Gasteiger partial charge in [0.05, 0.1) is 6.54 Å². The van der Waals surface area contributed by atoms with E-state index >= 15 is 0 Å². The summed E-state index contributed by atoms with van der Waals surface area (Å²) in [6.45, 7) is 9.48. The van der Waals surface area contributed by atoms with Crippen LogP contribution in [0.15, 0.2) is 16.5 Å². The SMILES string of the molecule is CC(C)N(Cc1ccc(CO)o1)C(C)C. The molecule has 1 rings (SSSR count). The van der Waals surface area contributed by atoms with Gasteiger partial charge in [0.15, 0.2) is 0 Å². The zero-order valence-corrected chi connectivity index (χ0v) is 10.0. The molecule has 0 saturated heterocycles. The normalized spacial score (nSPS) is 12.0. The Morgan fingerprint density at radius 3 is 2.07 bits per heavy atom. The van der Waals surface area contributed by atoms with Crippen LogP contribution in [0.5, 0.6) is 0 Å². The molecule has 0 aromatic carbocycles. The third-order valence-corrected chi connectivity index (χ3v) is 2.54. The van der Waals surface area contributed by atoms with Crippen molar-refractivity contribution >= 4 is 0 Å². The number of hydrogen-bond acceptors (Lipinski definition) is 3. The van der Waals surface area contributed by atoms with Crippen LogP contribution in [-0.2, 0) is 13.2 Å². The minimum Gasteiger partial charge on any atom is -0.462 e. The monoisotopic (exact) mass is 211 g/mol. The summed E-state index contributed by atoms with van der Waals surface area (Å²) in [6, 6.07) is 4.75. The van der Waals surface area contributed by atoms with Gasteiger partial charge in [0.2, 0.25) is 0 Å². The molecule has 3 nitrogen and oxygen atoms in total. The van der Waals surface area contributed by atoms with Crippen LogP contribution in [-0.4, -0.2) is 22.1 Å². The van der Waals surface area contributed by atoms with Crippen molar-refractivity contribution in [3.8, 4) is 0 Å². The fourth-order valence-electron chi connectivity index (χ4n) is 1.73. The van der Waals surface area contributed by atoms with Crippen LogP contribution in [0.4, 0.5) is 0 Å². The first-order chi connectivity index (χ1) is 7.04. The average Bonchev–Trinajstić information content (AvgIpc) is 2.60. The Morgan fingerprint density at radius 2 is 1.67 bits per heavy atom. The van der Waals surface area contributed by atoms with Crippen molar-refractivity contribution in [2.24, 2.45) is 0 Å². The Balaban J connectivity index is 2.65. The molecule has 0 radical (unpaired) electrons. The molecule has 0 bridgehead atoms. The van der Waals surface area contributed by atoms with E-state index < -0.39 is 0 Å². The van der Waals surface area contributed by atoms with E-state index in [9.17, 15) is 0 Å². The molecule has 1 heterocycles. The summed E-state index contributed by atoms with van der Waals surface area (Å²) >= 11 is 0. The van der Waals surface area contributed by atoms with Crippen LogP contribution < -0.4 is 0 Å². The molecule has 15 heavy (non-hydrogen) atoms. The Hall–Kier alpha value is -0.800. The highest BCUT2D eigenvalue weighted by Gasteiger charge is 2.15. The number of hydrogen-bond donors (Lipinski definition) is 1. The second kappa shape index (κ2) is 5.33. The molecule has 1 N–H and O–H groups in total. The molecule has 0 unspecified atom stereocenters. The molecule has 0 aliphatic heterocycles. The van der Waals surface area contributed by atoms with Crippen LogP contribution in [0.3, 0.4) is 0 Å². The van der Waals surface area contributed by atoms with Crippen molar-refractivity contribution in [1.82, 2.24) is 4.90 Å². The summed E-state index contributed by atoms with van der Waals surface area (Å²) in [4.78, 5) is 2.35. The van der Waals surface area contributed by atoms with Crippen LogP contribution in [0.1, 0.15) is 39.2 Å². The lowest BCUT2D eigenvalue weighted by atomic mass is 10.2. The minimum atomic E-state index is -0.0244. The summed E-state index contributed by atoms with van der Waals surface area (Å²) in [5.41, 5.74) is 0. The lowest BCUT2D eigenvalue weighted by Crippen LogP contribution is -2.36. The lowest BCUT2D eigenvalue weighted by Gasteiger charge is -2.29. The van der Waals surface area contributed by atoms with E-state index in [-0.39, 0.29) is 6.61 Å². The fraction of sp³-hybridized carbons (Fsp3) is 0.667. The van der Waals surface area contributed by atoms with Crippen molar-refractivity contribution < 1.29 is 9.52 Å². The number of aliphatic hydroxyl groups is 1. The molecule has 0 fully saturated rings. The van der Waals surface area contributed by atoms with Crippen molar-refractivity contribution in [3.05, 3.63) is 23.7 Å². The van der Waals surface area contributed by atoms with Crippen LogP contribution in [0.2, 0.25) is 0 Å². The Bertz CT molecular complexity index is 284. The van der Waals surface area contributed by atoms with Crippen molar-refractivity contribution in [2.45, 2.75) is 52.9 Å². The Kier molecular flexibility index (Phi) is 4.36. The predicted molar refractivity (Wildman–Crippen MR) is 60.4 cm³/mol. The molecule has 3 heteroatoms. The van der Waals surface area contributed by atoms with Gasteiger partial charge >= 0.3 is 0 Å². The number of rotatable bonds is 5. The Labute approximate surface area is 91.7 Å². The third-order valence-electron chi connectivity index (χ3n) is 2.54. The molecule has 0 atom stereocenters. The van der Waals surface area contributed by atoms with E-state index in [0.717, 1.165) is 12.3 Å². The number of aliphatic hydroxyl groups excluding tert-OH is 1. The first-order valence-corrected chi connectivity index (χ1v) is 5.48. The van der Waals surface area contributed by atoms with Crippen molar-refractivity contribution in [1.29, 1.82) is 0 Å². The quantitative estimate of drug-likeness (QED) is 0.812. The topological polar surface area (TPSA) is 36.6 Å². The molecular formula is C12H21NO2.